The van der Waals surface area contributed by atoms with Crippen molar-refractivity contribution in [2.75, 3.05) is 6.79 Å². The molecule has 1 aliphatic heterocycles. The first kappa shape index (κ1) is 19.9. The number of carbonyl (C=O) groups excluding carboxylic acids is 2. The van der Waals surface area contributed by atoms with Gasteiger partial charge in [-0.1, -0.05) is 12.1 Å². The van der Waals surface area contributed by atoms with Crippen molar-refractivity contribution < 1.29 is 23.8 Å². The quantitative estimate of drug-likeness (QED) is 0.620. The van der Waals surface area contributed by atoms with Crippen LogP contribution in [0.15, 0.2) is 36.4 Å². The normalized spacial score (nSPS) is 12.9. The van der Waals surface area contributed by atoms with Crippen molar-refractivity contribution >= 4 is 22.8 Å². The summed E-state index contributed by atoms with van der Waals surface area (Å²) in [5.41, 5.74) is 2.42. The fourth-order valence-corrected chi connectivity index (χ4v) is 3.29. The second-order valence-electron chi connectivity index (χ2n) is 8.32. The summed E-state index contributed by atoms with van der Waals surface area (Å²) < 4.78 is 16.1. The Bertz CT molecular complexity index is 1070. The number of nitrogens with zero attached hydrogens (tertiary/aromatic N) is 1. The predicted octanol–water partition coefficient (Wildman–Crippen LogP) is 3.99. The lowest BCUT2D eigenvalue weighted by atomic mass is 10.0. The standard InChI is InChI=1S/C23H24N2O5/c1-23(2,3)30-22(27)15-6-4-5-14(9-15)7-8-16(26)10-21-24-17-11-19-20(29-13-28-19)12-18(17)25-21/h4-6,9,11-12H,7-8,10,13H2,1-3H3,(H,24,25). The van der Waals surface area contributed by atoms with E-state index in [-0.39, 0.29) is 25.0 Å². The summed E-state index contributed by atoms with van der Waals surface area (Å²) >= 11 is 0. The zero-order valence-corrected chi connectivity index (χ0v) is 17.3. The van der Waals surface area contributed by atoms with Crippen LogP contribution in [0.5, 0.6) is 11.5 Å². The Hall–Kier alpha value is -3.35. The van der Waals surface area contributed by atoms with Gasteiger partial charge in [0.2, 0.25) is 6.79 Å². The van der Waals surface area contributed by atoms with Gasteiger partial charge in [0, 0.05) is 18.6 Å². The topological polar surface area (TPSA) is 90.5 Å². The Labute approximate surface area is 174 Å². The van der Waals surface area contributed by atoms with Crippen molar-refractivity contribution in [2.45, 2.75) is 45.6 Å². The molecule has 156 valence electrons. The van der Waals surface area contributed by atoms with Crippen molar-refractivity contribution in [3.05, 3.63) is 53.3 Å². The third kappa shape index (κ3) is 4.62. The van der Waals surface area contributed by atoms with Crippen LogP contribution >= 0.6 is 0 Å². The minimum atomic E-state index is -0.548. The van der Waals surface area contributed by atoms with Crippen LogP contribution in [0.3, 0.4) is 0 Å². The highest BCUT2D eigenvalue weighted by atomic mass is 16.7. The lowest BCUT2D eigenvalue weighted by Crippen LogP contribution is -2.23. The van der Waals surface area contributed by atoms with Gasteiger partial charge >= 0.3 is 5.97 Å². The van der Waals surface area contributed by atoms with E-state index in [1.807, 2.05) is 45.0 Å². The Kier molecular flexibility index (Phi) is 5.20. The smallest absolute Gasteiger partial charge is 0.338 e. The molecule has 0 bridgehead atoms. The van der Waals surface area contributed by atoms with E-state index in [9.17, 15) is 9.59 Å². The van der Waals surface area contributed by atoms with Crippen LogP contribution in [-0.2, 0) is 22.4 Å². The van der Waals surface area contributed by atoms with Crippen LogP contribution in [0.1, 0.15) is 48.9 Å². The molecule has 1 aliphatic rings. The second kappa shape index (κ2) is 7.82. The van der Waals surface area contributed by atoms with E-state index in [0.29, 0.717) is 35.7 Å². The maximum absolute atomic E-state index is 12.5. The van der Waals surface area contributed by atoms with E-state index < -0.39 is 5.60 Å². The molecular weight excluding hydrogens is 384 g/mol. The summed E-state index contributed by atoms with van der Waals surface area (Å²) in [5.74, 6) is 1.65. The molecule has 0 saturated carbocycles. The molecule has 0 atom stereocenters. The third-order valence-electron chi connectivity index (χ3n) is 4.64. The Morgan fingerprint density at radius 3 is 2.67 bits per heavy atom. The van der Waals surface area contributed by atoms with Gasteiger partial charge in [-0.2, -0.15) is 0 Å². The number of H-pyrrole nitrogens is 1. The number of benzene rings is 2. The van der Waals surface area contributed by atoms with Gasteiger partial charge in [-0.25, -0.2) is 9.78 Å². The molecule has 2 aromatic carbocycles. The van der Waals surface area contributed by atoms with Crippen LogP contribution in [-0.4, -0.2) is 34.1 Å². The van der Waals surface area contributed by atoms with Gasteiger partial charge in [-0.15, -0.1) is 0 Å². The van der Waals surface area contributed by atoms with Gasteiger partial charge in [0.25, 0.3) is 0 Å². The molecule has 0 unspecified atom stereocenters. The number of aromatic amines is 1. The summed E-state index contributed by atoms with van der Waals surface area (Å²) in [6, 6.07) is 10.9. The Morgan fingerprint density at radius 1 is 1.13 bits per heavy atom. The monoisotopic (exact) mass is 408 g/mol. The van der Waals surface area contributed by atoms with Crippen molar-refractivity contribution in [3.8, 4) is 11.5 Å². The summed E-state index contributed by atoms with van der Waals surface area (Å²) in [5, 5.41) is 0. The van der Waals surface area contributed by atoms with Crippen LogP contribution in [0.2, 0.25) is 0 Å². The molecule has 0 saturated heterocycles. The largest absolute Gasteiger partial charge is 0.456 e. The molecular formula is C23H24N2O5. The van der Waals surface area contributed by atoms with Gasteiger partial charge in [0.05, 0.1) is 23.0 Å². The molecule has 4 rings (SSSR count). The third-order valence-corrected chi connectivity index (χ3v) is 4.64. The van der Waals surface area contributed by atoms with Crippen LogP contribution in [0, 0.1) is 0 Å². The Balaban J connectivity index is 1.36. The first-order chi connectivity index (χ1) is 14.3. The highest BCUT2D eigenvalue weighted by Gasteiger charge is 2.19. The highest BCUT2D eigenvalue weighted by molar-refractivity contribution is 5.90. The van der Waals surface area contributed by atoms with E-state index in [1.165, 1.54) is 0 Å². The molecule has 3 aromatic rings. The number of Topliss-reactive ketones (excluding diaryl/α,β-unsaturated/α-hetero) is 1. The van der Waals surface area contributed by atoms with Crippen LogP contribution in [0.25, 0.3) is 11.0 Å². The lowest BCUT2D eigenvalue weighted by Gasteiger charge is -2.19. The van der Waals surface area contributed by atoms with Crippen molar-refractivity contribution in [1.82, 2.24) is 9.97 Å². The van der Waals surface area contributed by atoms with Crippen LogP contribution in [0.4, 0.5) is 0 Å². The van der Waals surface area contributed by atoms with Gasteiger partial charge in [0.15, 0.2) is 11.5 Å². The molecule has 0 radical (unpaired) electrons. The van der Waals surface area contributed by atoms with Gasteiger partial charge in [-0.05, 0) is 44.9 Å². The number of rotatable bonds is 6. The number of nitrogens with one attached hydrogen (secondary N) is 1. The van der Waals surface area contributed by atoms with E-state index in [2.05, 4.69) is 9.97 Å². The van der Waals surface area contributed by atoms with E-state index in [4.69, 9.17) is 14.2 Å². The zero-order chi connectivity index (χ0) is 21.3. The lowest BCUT2D eigenvalue weighted by molar-refractivity contribution is -0.118. The minimum absolute atomic E-state index is 0.0665. The average molecular weight is 408 g/mol. The number of aromatic nitrogens is 2. The maximum Gasteiger partial charge on any atom is 0.338 e. The molecule has 2 heterocycles. The molecule has 0 amide bonds. The van der Waals surface area contributed by atoms with Crippen LogP contribution < -0.4 is 9.47 Å². The fraction of sp³-hybridized carbons (Fsp3) is 0.348. The SMILES string of the molecule is CC(C)(C)OC(=O)c1cccc(CCC(=O)Cc2nc3cc4c(cc3[nH]2)OCO4)c1. The number of hydrogen-bond donors (Lipinski definition) is 1. The molecule has 7 nitrogen and oxygen atoms in total. The second-order valence-corrected chi connectivity index (χ2v) is 8.32. The molecule has 0 fully saturated rings. The molecule has 30 heavy (non-hydrogen) atoms. The highest BCUT2D eigenvalue weighted by Crippen LogP contribution is 2.35. The number of ketones is 1. The summed E-state index contributed by atoms with van der Waals surface area (Å²) in [6.45, 7) is 5.71. The fourth-order valence-electron chi connectivity index (χ4n) is 3.29. The molecule has 1 N–H and O–H groups in total. The van der Waals surface area contributed by atoms with Gasteiger partial charge in [0.1, 0.15) is 17.2 Å². The van der Waals surface area contributed by atoms with E-state index >= 15 is 0 Å². The minimum Gasteiger partial charge on any atom is -0.456 e. The number of carbonyl (C=O) groups is 2. The number of fused-ring (bicyclic) bond motifs is 2. The first-order valence-corrected chi connectivity index (χ1v) is 9.89. The maximum atomic E-state index is 12.5. The van der Waals surface area contributed by atoms with Crippen molar-refractivity contribution in [3.63, 3.8) is 0 Å². The molecule has 0 aliphatic carbocycles. The number of hydrogen-bond acceptors (Lipinski definition) is 6. The molecule has 0 spiro atoms. The number of ether oxygens (including phenoxy) is 3. The van der Waals surface area contributed by atoms with Crippen molar-refractivity contribution in [1.29, 1.82) is 0 Å². The Morgan fingerprint density at radius 2 is 1.90 bits per heavy atom. The number of imidazole rings is 1. The van der Waals surface area contributed by atoms with Gasteiger partial charge < -0.3 is 19.2 Å². The predicted molar refractivity (Wildman–Crippen MR) is 111 cm³/mol. The zero-order valence-electron chi connectivity index (χ0n) is 17.3. The van der Waals surface area contributed by atoms with Gasteiger partial charge in [-0.3, -0.25) is 4.79 Å². The molecule has 7 heteroatoms. The van der Waals surface area contributed by atoms with Crippen molar-refractivity contribution in [2.24, 2.45) is 0 Å². The average Bonchev–Trinajstić information content (AvgIpc) is 3.28. The van der Waals surface area contributed by atoms with E-state index in [1.54, 1.807) is 12.1 Å². The number of esters is 1. The molecule has 1 aromatic heterocycles. The van der Waals surface area contributed by atoms with E-state index in [0.717, 1.165) is 16.6 Å². The summed E-state index contributed by atoms with van der Waals surface area (Å²) in [6.07, 6.45) is 1.12. The summed E-state index contributed by atoms with van der Waals surface area (Å²) in [4.78, 5) is 32.4. The first-order valence-electron chi connectivity index (χ1n) is 9.89. The number of aryl methyl sites for hydroxylation is 1. The summed E-state index contributed by atoms with van der Waals surface area (Å²) in [7, 11) is 0.